The topological polar surface area (TPSA) is 65.0 Å². The fourth-order valence-corrected chi connectivity index (χ4v) is 0.789. The first-order chi connectivity index (χ1) is 6.90. The SMILES string of the molecule is CCOC(=O)C(COC(C)(C)C)N=C=O. The third kappa shape index (κ3) is 6.82. The number of nitrogens with zero attached hydrogens (tertiary/aromatic N) is 1. The van der Waals surface area contributed by atoms with Crippen molar-refractivity contribution in [2.75, 3.05) is 13.2 Å². The van der Waals surface area contributed by atoms with Crippen LogP contribution in [-0.4, -0.2) is 36.9 Å². The van der Waals surface area contributed by atoms with Crippen molar-refractivity contribution in [3.8, 4) is 0 Å². The molecule has 1 atom stereocenters. The normalized spacial score (nSPS) is 12.8. The van der Waals surface area contributed by atoms with Crippen molar-refractivity contribution in [1.29, 1.82) is 0 Å². The number of hydrogen-bond acceptors (Lipinski definition) is 5. The molecule has 0 aliphatic heterocycles. The molecule has 0 spiro atoms. The van der Waals surface area contributed by atoms with Crippen LogP contribution < -0.4 is 0 Å². The zero-order chi connectivity index (χ0) is 11.9. The van der Waals surface area contributed by atoms with Gasteiger partial charge in [0.25, 0.3) is 0 Å². The molecule has 0 saturated carbocycles. The van der Waals surface area contributed by atoms with Crippen LogP contribution in [0.4, 0.5) is 0 Å². The van der Waals surface area contributed by atoms with Crippen molar-refractivity contribution in [3.63, 3.8) is 0 Å². The van der Waals surface area contributed by atoms with Crippen LogP contribution in [0, 0.1) is 0 Å². The minimum atomic E-state index is -0.915. The number of esters is 1. The smallest absolute Gasteiger partial charge is 0.334 e. The highest BCUT2D eigenvalue weighted by Gasteiger charge is 2.22. The second-order valence-corrected chi connectivity index (χ2v) is 3.91. The molecule has 0 N–H and O–H groups in total. The molecule has 5 heteroatoms. The maximum Gasteiger partial charge on any atom is 0.334 e. The Labute approximate surface area is 89.5 Å². The Morgan fingerprint density at radius 3 is 2.47 bits per heavy atom. The lowest BCUT2D eigenvalue weighted by Crippen LogP contribution is -2.31. The van der Waals surface area contributed by atoms with Gasteiger partial charge in [0.05, 0.1) is 18.8 Å². The predicted octanol–water partition coefficient (Wildman–Crippen LogP) is 1.07. The molecule has 0 saturated heterocycles. The van der Waals surface area contributed by atoms with E-state index in [9.17, 15) is 9.59 Å². The van der Waals surface area contributed by atoms with Crippen LogP contribution in [0.3, 0.4) is 0 Å². The lowest BCUT2D eigenvalue weighted by atomic mass is 10.2. The summed E-state index contributed by atoms with van der Waals surface area (Å²) < 4.78 is 10.1. The average molecular weight is 215 g/mol. The minimum absolute atomic E-state index is 0.0254. The van der Waals surface area contributed by atoms with Crippen LogP contribution in [-0.2, 0) is 19.1 Å². The molecule has 0 rings (SSSR count). The largest absolute Gasteiger partial charge is 0.464 e. The average Bonchev–Trinajstić information content (AvgIpc) is 2.11. The van der Waals surface area contributed by atoms with Gasteiger partial charge in [-0.15, -0.1) is 0 Å². The minimum Gasteiger partial charge on any atom is -0.464 e. The summed E-state index contributed by atoms with van der Waals surface area (Å²) in [5.74, 6) is -0.565. The molecule has 5 nitrogen and oxygen atoms in total. The number of carbonyl (C=O) groups excluding carboxylic acids is 2. The third-order valence-corrected chi connectivity index (χ3v) is 1.44. The Morgan fingerprint density at radius 2 is 2.07 bits per heavy atom. The van der Waals surface area contributed by atoms with Crippen molar-refractivity contribution in [2.45, 2.75) is 39.3 Å². The van der Waals surface area contributed by atoms with Crippen molar-refractivity contribution in [2.24, 2.45) is 4.99 Å². The first kappa shape index (κ1) is 13.8. The number of rotatable bonds is 5. The van der Waals surface area contributed by atoms with Crippen molar-refractivity contribution >= 4 is 12.0 Å². The molecule has 0 heterocycles. The van der Waals surface area contributed by atoms with Gasteiger partial charge >= 0.3 is 5.97 Å². The summed E-state index contributed by atoms with van der Waals surface area (Å²) in [4.78, 5) is 24.7. The van der Waals surface area contributed by atoms with E-state index >= 15 is 0 Å². The van der Waals surface area contributed by atoms with E-state index in [1.165, 1.54) is 6.08 Å². The van der Waals surface area contributed by atoms with E-state index in [2.05, 4.69) is 4.99 Å². The van der Waals surface area contributed by atoms with Gasteiger partial charge in [0.15, 0.2) is 6.04 Å². The lowest BCUT2D eigenvalue weighted by Gasteiger charge is -2.21. The second-order valence-electron chi connectivity index (χ2n) is 3.91. The molecule has 15 heavy (non-hydrogen) atoms. The molecule has 0 amide bonds. The second kappa shape index (κ2) is 6.32. The molecular formula is C10H17NO4. The zero-order valence-electron chi connectivity index (χ0n) is 9.57. The molecule has 1 unspecified atom stereocenters. The first-order valence-corrected chi connectivity index (χ1v) is 4.78. The highest BCUT2D eigenvalue weighted by Crippen LogP contribution is 2.08. The van der Waals surface area contributed by atoms with E-state index in [0.29, 0.717) is 0 Å². The summed E-state index contributed by atoms with van der Waals surface area (Å²) in [5, 5.41) is 0. The van der Waals surface area contributed by atoms with Crippen LogP contribution in [0.5, 0.6) is 0 Å². The summed E-state index contributed by atoms with van der Waals surface area (Å²) in [6.45, 7) is 7.50. The van der Waals surface area contributed by atoms with Gasteiger partial charge in [0.1, 0.15) is 0 Å². The van der Waals surface area contributed by atoms with Gasteiger partial charge in [-0.2, -0.15) is 4.99 Å². The molecule has 0 fully saturated rings. The Balaban J connectivity index is 4.28. The summed E-state index contributed by atoms with van der Waals surface area (Å²) in [6.07, 6.45) is 1.34. The summed E-state index contributed by atoms with van der Waals surface area (Å²) in [6, 6.07) is -0.915. The van der Waals surface area contributed by atoms with Gasteiger partial charge in [-0.3, -0.25) is 0 Å². The maximum atomic E-state index is 11.3. The molecule has 0 aromatic heterocycles. The molecule has 86 valence electrons. The molecule has 0 aliphatic rings. The van der Waals surface area contributed by atoms with E-state index in [1.54, 1.807) is 6.92 Å². The van der Waals surface area contributed by atoms with Crippen molar-refractivity contribution in [3.05, 3.63) is 0 Å². The Hall–Kier alpha value is -1.19. The highest BCUT2D eigenvalue weighted by atomic mass is 16.5. The van der Waals surface area contributed by atoms with Crippen LogP contribution >= 0.6 is 0 Å². The molecule has 0 radical (unpaired) electrons. The number of aliphatic imine (C=N–C) groups is 1. The standard InChI is InChI=1S/C10H17NO4/c1-5-14-9(13)8(11-7-12)6-15-10(2,3)4/h8H,5-6H2,1-4H3. The molecule has 0 aliphatic carbocycles. The molecule has 0 aromatic rings. The number of ether oxygens (including phenoxy) is 2. The van der Waals surface area contributed by atoms with E-state index in [-0.39, 0.29) is 18.8 Å². The molecule has 0 aromatic carbocycles. The van der Waals surface area contributed by atoms with Crippen LogP contribution in [0.25, 0.3) is 0 Å². The van der Waals surface area contributed by atoms with Gasteiger partial charge in [-0.25, -0.2) is 9.59 Å². The Bertz CT molecular complexity index is 251. The predicted molar refractivity (Wildman–Crippen MR) is 54.2 cm³/mol. The Morgan fingerprint density at radius 1 is 1.47 bits per heavy atom. The fraction of sp³-hybridized carbons (Fsp3) is 0.800. The maximum absolute atomic E-state index is 11.3. The third-order valence-electron chi connectivity index (χ3n) is 1.44. The van der Waals surface area contributed by atoms with E-state index < -0.39 is 12.0 Å². The summed E-state index contributed by atoms with van der Waals surface area (Å²) in [5.41, 5.74) is -0.386. The van der Waals surface area contributed by atoms with Crippen LogP contribution in [0.2, 0.25) is 0 Å². The van der Waals surface area contributed by atoms with Crippen LogP contribution in [0.15, 0.2) is 4.99 Å². The summed E-state index contributed by atoms with van der Waals surface area (Å²) >= 11 is 0. The van der Waals surface area contributed by atoms with Crippen molar-refractivity contribution < 1.29 is 19.1 Å². The summed E-state index contributed by atoms with van der Waals surface area (Å²) in [7, 11) is 0. The number of hydrogen-bond donors (Lipinski definition) is 0. The van der Waals surface area contributed by atoms with Gasteiger partial charge < -0.3 is 9.47 Å². The van der Waals surface area contributed by atoms with E-state index in [1.807, 2.05) is 20.8 Å². The van der Waals surface area contributed by atoms with Gasteiger partial charge in [-0.05, 0) is 27.7 Å². The molecular weight excluding hydrogens is 198 g/mol. The van der Waals surface area contributed by atoms with E-state index in [0.717, 1.165) is 0 Å². The van der Waals surface area contributed by atoms with Gasteiger partial charge in [0.2, 0.25) is 6.08 Å². The first-order valence-electron chi connectivity index (χ1n) is 4.78. The number of carbonyl (C=O) groups is 1. The quantitative estimate of drug-likeness (QED) is 0.391. The number of isocyanates is 1. The molecule has 0 bridgehead atoms. The van der Waals surface area contributed by atoms with E-state index in [4.69, 9.17) is 9.47 Å². The zero-order valence-corrected chi connectivity index (χ0v) is 9.57. The fourth-order valence-electron chi connectivity index (χ4n) is 0.789. The van der Waals surface area contributed by atoms with Gasteiger partial charge in [0, 0.05) is 0 Å². The van der Waals surface area contributed by atoms with Crippen molar-refractivity contribution in [1.82, 2.24) is 0 Å². The van der Waals surface area contributed by atoms with Gasteiger partial charge in [-0.1, -0.05) is 0 Å². The highest BCUT2D eigenvalue weighted by molar-refractivity contribution is 5.77. The lowest BCUT2D eigenvalue weighted by molar-refractivity contribution is -0.147. The van der Waals surface area contributed by atoms with Crippen LogP contribution in [0.1, 0.15) is 27.7 Å². The Kier molecular flexibility index (Phi) is 5.82. The monoisotopic (exact) mass is 215 g/mol.